The van der Waals surface area contributed by atoms with E-state index < -0.39 is 0 Å². The van der Waals surface area contributed by atoms with Gasteiger partial charge < -0.3 is 9.47 Å². The Bertz CT molecular complexity index is 1010. The second kappa shape index (κ2) is 10.4. The lowest BCUT2D eigenvalue weighted by Crippen LogP contribution is -2.19. The standard InChI is InChI=1S/C26H28N2O3/c1-26(2,3)21-15-13-20(14-16-21)19-27-28-25(29)23-11-7-8-12-24(23)31-18-17-30-22-9-5-4-6-10-22/h4-16,19H,17-18H2,1-3H3,(H,28,29)/b27-19-. The molecule has 1 amide bonds. The molecular weight excluding hydrogens is 388 g/mol. The number of rotatable bonds is 8. The van der Waals surface area contributed by atoms with Crippen LogP contribution >= 0.6 is 0 Å². The molecular formula is C26H28N2O3. The number of hydrogen-bond donors (Lipinski definition) is 1. The molecule has 0 saturated heterocycles. The van der Waals surface area contributed by atoms with Gasteiger partial charge in [0, 0.05) is 0 Å². The average molecular weight is 417 g/mol. The molecule has 3 aromatic carbocycles. The molecule has 0 aliphatic carbocycles. The van der Waals surface area contributed by atoms with Gasteiger partial charge in [-0.25, -0.2) is 5.43 Å². The summed E-state index contributed by atoms with van der Waals surface area (Å²) in [4.78, 5) is 12.6. The zero-order valence-electron chi connectivity index (χ0n) is 18.2. The Morgan fingerprint density at radius 2 is 1.52 bits per heavy atom. The minimum absolute atomic E-state index is 0.0970. The molecule has 31 heavy (non-hydrogen) atoms. The maximum Gasteiger partial charge on any atom is 0.275 e. The van der Waals surface area contributed by atoms with Crippen molar-refractivity contribution in [1.29, 1.82) is 0 Å². The number of nitrogens with zero attached hydrogens (tertiary/aromatic N) is 1. The number of ether oxygens (including phenoxy) is 2. The molecule has 0 aliphatic heterocycles. The molecule has 0 heterocycles. The van der Waals surface area contributed by atoms with Crippen LogP contribution in [-0.4, -0.2) is 25.3 Å². The molecule has 0 saturated carbocycles. The molecule has 5 heteroatoms. The Hall–Kier alpha value is -3.60. The summed E-state index contributed by atoms with van der Waals surface area (Å²) in [6.07, 6.45) is 1.63. The van der Waals surface area contributed by atoms with Crippen LogP contribution in [0.5, 0.6) is 11.5 Å². The SMILES string of the molecule is CC(C)(C)c1ccc(/C=N\NC(=O)c2ccccc2OCCOc2ccccc2)cc1. The molecule has 1 N–H and O–H groups in total. The summed E-state index contributed by atoms with van der Waals surface area (Å²) in [6.45, 7) is 7.21. The average Bonchev–Trinajstić information content (AvgIpc) is 2.77. The molecule has 160 valence electrons. The quantitative estimate of drug-likeness (QED) is 0.312. The first kappa shape index (κ1) is 22.1. The highest BCUT2D eigenvalue weighted by atomic mass is 16.5. The molecule has 0 unspecified atom stereocenters. The van der Waals surface area contributed by atoms with Crippen molar-refractivity contribution in [2.45, 2.75) is 26.2 Å². The van der Waals surface area contributed by atoms with Crippen LogP contribution in [0.4, 0.5) is 0 Å². The van der Waals surface area contributed by atoms with Crippen molar-refractivity contribution < 1.29 is 14.3 Å². The first-order valence-electron chi connectivity index (χ1n) is 10.3. The zero-order chi connectivity index (χ0) is 22.1. The molecule has 0 aromatic heterocycles. The van der Waals surface area contributed by atoms with E-state index in [0.29, 0.717) is 24.5 Å². The Balaban J connectivity index is 1.53. The van der Waals surface area contributed by atoms with E-state index >= 15 is 0 Å². The number of carbonyl (C=O) groups is 1. The van der Waals surface area contributed by atoms with Crippen molar-refractivity contribution in [3.05, 3.63) is 95.6 Å². The monoisotopic (exact) mass is 416 g/mol. The summed E-state index contributed by atoms with van der Waals surface area (Å²) in [5.41, 5.74) is 5.24. The Morgan fingerprint density at radius 1 is 0.871 bits per heavy atom. The maximum atomic E-state index is 12.6. The number of benzene rings is 3. The number of amides is 1. The highest BCUT2D eigenvalue weighted by molar-refractivity contribution is 5.97. The predicted octanol–water partition coefficient (Wildman–Crippen LogP) is 5.21. The fraction of sp³-hybridized carbons (Fsp3) is 0.231. The summed E-state index contributed by atoms with van der Waals surface area (Å²) in [5.74, 6) is 0.936. The van der Waals surface area contributed by atoms with Crippen LogP contribution in [0.15, 0.2) is 84.0 Å². The number of para-hydroxylation sites is 2. The summed E-state index contributed by atoms with van der Waals surface area (Å²) in [5, 5.41) is 4.08. The predicted molar refractivity (Wildman–Crippen MR) is 124 cm³/mol. The van der Waals surface area contributed by atoms with Gasteiger partial charge in [-0.1, -0.05) is 75.4 Å². The molecule has 0 bridgehead atoms. The lowest BCUT2D eigenvalue weighted by molar-refractivity contribution is 0.0950. The van der Waals surface area contributed by atoms with E-state index in [1.54, 1.807) is 24.4 Å². The topological polar surface area (TPSA) is 59.9 Å². The van der Waals surface area contributed by atoms with Gasteiger partial charge in [-0.05, 0) is 40.8 Å². The summed E-state index contributed by atoms with van der Waals surface area (Å²) < 4.78 is 11.4. The van der Waals surface area contributed by atoms with Crippen molar-refractivity contribution in [2.24, 2.45) is 5.10 Å². The normalized spacial score (nSPS) is 11.3. The van der Waals surface area contributed by atoms with Gasteiger partial charge in [0.2, 0.25) is 0 Å². The van der Waals surface area contributed by atoms with E-state index in [1.807, 2.05) is 48.5 Å². The molecule has 0 atom stereocenters. The minimum atomic E-state index is -0.331. The van der Waals surface area contributed by atoms with Gasteiger partial charge in [0.1, 0.15) is 24.7 Å². The van der Waals surface area contributed by atoms with Crippen LogP contribution in [0.2, 0.25) is 0 Å². The molecule has 0 fully saturated rings. The first-order valence-corrected chi connectivity index (χ1v) is 10.3. The molecule has 5 nitrogen and oxygen atoms in total. The second-order valence-electron chi connectivity index (χ2n) is 8.08. The third-order valence-electron chi connectivity index (χ3n) is 4.64. The van der Waals surface area contributed by atoms with E-state index in [2.05, 4.69) is 43.4 Å². The van der Waals surface area contributed by atoms with E-state index in [0.717, 1.165) is 11.3 Å². The van der Waals surface area contributed by atoms with E-state index in [-0.39, 0.29) is 11.3 Å². The molecule has 0 spiro atoms. The van der Waals surface area contributed by atoms with Gasteiger partial charge in [0.25, 0.3) is 5.91 Å². The number of nitrogens with one attached hydrogen (secondary N) is 1. The van der Waals surface area contributed by atoms with Gasteiger partial charge in [-0.3, -0.25) is 4.79 Å². The Labute approximate surface area is 183 Å². The zero-order valence-corrected chi connectivity index (χ0v) is 18.2. The van der Waals surface area contributed by atoms with Gasteiger partial charge in [0.05, 0.1) is 11.8 Å². The van der Waals surface area contributed by atoms with Crippen LogP contribution in [0.3, 0.4) is 0 Å². The summed E-state index contributed by atoms with van der Waals surface area (Å²) in [6, 6.07) is 24.7. The first-order chi connectivity index (χ1) is 14.9. The van der Waals surface area contributed by atoms with Gasteiger partial charge in [-0.15, -0.1) is 0 Å². The molecule has 0 aliphatic rings. The lowest BCUT2D eigenvalue weighted by atomic mass is 9.87. The van der Waals surface area contributed by atoms with Crippen molar-refractivity contribution in [3.63, 3.8) is 0 Å². The highest BCUT2D eigenvalue weighted by Crippen LogP contribution is 2.22. The maximum absolute atomic E-state index is 12.6. The Morgan fingerprint density at radius 3 is 2.23 bits per heavy atom. The fourth-order valence-electron chi connectivity index (χ4n) is 2.90. The van der Waals surface area contributed by atoms with Crippen LogP contribution < -0.4 is 14.9 Å². The molecule has 0 radical (unpaired) electrons. The van der Waals surface area contributed by atoms with E-state index in [4.69, 9.17) is 9.47 Å². The largest absolute Gasteiger partial charge is 0.490 e. The van der Waals surface area contributed by atoms with E-state index in [1.165, 1.54) is 5.56 Å². The number of hydrazone groups is 1. The van der Waals surface area contributed by atoms with Gasteiger partial charge in [0.15, 0.2) is 0 Å². The van der Waals surface area contributed by atoms with Crippen LogP contribution in [0.1, 0.15) is 42.3 Å². The van der Waals surface area contributed by atoms with Gasteiger partial charge in [-0.2, -0.15) is 5.10 Å². The van der Waals surface area contributed by atoms with Gasteiger partial charge >= 0.3 is 0 Å². The van der Waals surface area contributed by atoms with Crippen molar-refractivity contribution in [3.8, 4) is 11.5 Å². The number of carbonyl (C=O) groups excluding carboxylic acids is 1. The molecule has 3 aromatic rings. The minimum Gasteiger partial charge on any atom is -0.490 e. The third-order valence-corrected chi connectivity index (χ3v) is 4.64. The number of hydrogen-bond acceptors (Lipinski definition) is 4. The molecule has 3 rings (SSSR count). The van der Waals surface area contributed by atoms with E-state index in [9.17, 15) is 4.79 Å². The summed E-state index contributed by atoms with van der Waals surface area (Å²) >= 11 is 0. The van der Waals surface area contributed by atoms with Crippen molar-refractivity contribution in [2.75, 3.05) is 13.2 Å². The second-order valence-corrected chi connectivity index (χ2v) is 8.08. The van der Waals surface area contributed by atoms with Crippen LogP contribution in [0, 0.1) is 0 Å². The van der Waals surface area contributed by atoms with Crippen LogP contribution in [0.25, 0.3) is 0 Å². The van der Waals surface area contributed by atoms with Crippen LogP contribution in [-0.2, 0) is 5.41 Å². The van der Waals surface area contributed by atoms with Crippen molar-refractivity contribution >= 4 is 12.1 Å². The van der Waals surface area contributed by atoms with Crippen molar-refractivity contribution in [1.82, 2.24) is 5.43 Å². The fourth-order valence-corrected chi connectivity index (χ4v) is 2.90. The smallest absolute Gasteiger partial charge is 0.275 e. The third kappa shape index (κ3) is 6.71. The lowest BCUT2D eigenvalue weighted by Gasteiger charge is -2.18. The highest BCUT2D eigenvalue weighted by Gasteiger charge is 2.13. The Kier molecular flexibility index (Phi) is 7.44. The summed E-state index contributed by atoms with van der Waals surface area (Å²) in [7, 11) is 0.